The molecule has 0 aromatic rings. The summed E-state index contributed by atoms with van der Waals surface area (Å²) in [5.74, 6) is 1.11. The van der Waals surface area contributed by atoms with Gasteiger partial charge in [-0.1, -0.05) is 6.92 Å². The Hall–Kier alpha value is 0.0700. The van der Waals surface area contributed by atoms with Crippen molar-refractivity contribution in [2.24, 2.45) is 5.73 Å². The summed E-state index contributed by atoms with van der Waals surface area (Å²) in [6.07, 6.45) is 0. The van der Waals surface area contributed by atoms with E-state index in [2.05, 4.69) is 13.8 Å². The highest BCUT2D eigenvalue weighted by Gasteiger charge is 2.29. The molecule has 0 aromatic heterocycles. The van der Waals surface area contributed by atoms with Crippen molar-refractivity contribution < 1.29 is 4.79 Å². The molecule has 1 fully saturated rings. The summed E-state index contributed by atoms with van der Waals surface area (Å²) in [4.78, 5) is 13.6. The maximum atomic E-state index is 11.6. The summed E-state index contributed by atoms with van der Waals surface area (Å²) >= 11 is 1.92. The van der Waals surface area contributed by atoms with Crippen LogP contribution in [0.2, 0.25) is 0 Å². The number of halogens is 1. The third-order valence-corrected chi connectivity index (χ3v) is 3.89. The van der Waals surface area contributed by atoms with Crippen molar-refractivity contribution >= 4 is 30.1 Å². The highest BCUT2D eigenvalue weighted by atomic mass is 35.5. The molecule has 1 amide bonds. The Kier molecular flexibility index (Phi) is 5.86. The van der Waals surface area contributed by atoms with Crippen LogP contribution in [0.15, 0.2) is 0 Å². The lowest BCUT2D eigenvalue weighted by atomic mass is 10.2. The number of carbonyl (C=O) groups is 1. The fourth-order valence-corrected chi connectivity index (χ4v) is 2.61. The van der Waals surface area contributed by atoms with E-state index < -0.39 is 0 Å². The molecule has 0 aromatic carbocycles. The Bertz CT molecular complexity index is 201. The molecule has 0 bridgehead atoms. The Morgan fingerprint density at radius 2 is 2.14 bits per heavy atom. The number of thioether (sulfide) groups is 1. The van der Waals surface area contributed by atoms with Gasteiger partial charge >= 0.3 is 0 Å². The molecule has 84 valence electrons. The third-order valence-electron chi connectivity index (χ3n) is 2.56. The topological polar surface area (TPSA) is 46.3 Å². The van der Waals surface area contributed by atoms with Crippen LogP contribution in [0, 0.1) is 0 Å². The SMILES string of the molecule is CC1SCCN(C(=O)[C@@H](C)N)C1C.Cl. The van der Waals surface area contributed by atoms with E-state index in [9.17, 15) is 4.79 Å². The molecular formula is C9H19ClN2OS. The van der Waals surface area contributed by atoms with Crippen molar-refractivity contribution in [1.29, 1.82) is 0 Å². The van der Waals surface area contributed by atoms with Crippen molar-refractivity contribution in [2.45, 2.75) is 38.1 Å². The first-order valence-corrected chi connectivity index (χ1v) is 5.76. The van der Waals surface area contributed by atoms with Gasteiger partial charge in [-0.05, 0) is 13.8 Å². The number of hydrogen-bond acceptors (Lipinski definition) is 3. The van der Waals surface area contributed by atoms with E-state index in [0.717, 1.165) is 12.3 Å². The predicted octanol–water partition coefficient (Wildman–Crippen LogP) is 1.11. The fourth-order valence-electron chi connectivity index (χ4n) is 1.51. The summed E-state index contributed by atoms with van der Waals surface area (Å²) in [5.41, 5.74) is 5.58. The van der Waals surface area contributed by atoms with Gasteiger partial charge in [0.1, 0.15) is 0 Å². The molecule has 0 spiro atoms. The van der Waals surface area contributed by atoms with Crippen LogP contribution >= 0.6 is 24.2 Å². The highest BCUT2D eigenvalue weighted by Crippen LogP contribution is 2.24. The molecule has 0 aliphatic carbocycles. The lowest BCUT2D eigenvalue weighted by Crippen LogP contribution is -2.52. The van der Waals surface area contributed by atoms with E-state index in [1.54, 1.807) is 6.92 Å². The number of nitrogens with zero attached hydrogens (tertiary/aromatic N) is 1. The number of hydrogen-bond donors (Lipinski definition) is 1. The summed E-state index contributed by atoms with van der Waals surface area (Å²) in [5, 5.41) is 0.524. The maximum Gasteiger partial charge on any atom is 0.239 e. The number of carbonyl (C=O) groups excluding carboxylic acids is 1. The third kappa shape index (κ3) is 3.04. The average Bonchev–Trinajstić information content (AvgIpc) is 2.08. The number of nitrogens with two attached hydrogens (primary N) is 1. The quantitative estimate of drug-likeness (QED) is 0.745. The fraction of sp³-hybridized carbons (Fsp3) is 0.889. The van der Waals surface area contributed by atoms with Crippen molar-refractivity contribution in [2.75, 3.05) is 12.3 Å². The predicted molar refractivity (Wildman–Crippen MR) is 64.0 cm³/mol. The van der Waals surface area contributed by atoms with E-state index >= 15 is 0 Å². The second kappa shape index (κ2) is 5.83. The summed E-state index contributed by atoms with van der Waals surface area (Å²) in [6, 6.07) is -0.0463. The van der Waals surface area contributed by atoms with E-state index in [0.29, 0.717) is 11.3 Å². The van der Waals surface area contributed by atoms with Crippen LogP contribution in [-0.4, -0.2) is 40.4 Å². The molecule has 0 radical (unpaired) electrons. The van der Waals surface area contributed by atoms with Crippen molar-refractivity contribution in [1.82, 2.24) is 4.90 Å². The first kappa shape index (κ1) is 14.1. The Balaban J connectivity index is 0.00000169. The molecule has 14 heavy (non-hydrogen) atoms. The maximum absolute atomic E-state index is 11.6. The minimum atomic E-state index is -0.363. The first-order valence-electron chi connectivity index (χ1n) is 4.71. The van der Waals surface area contributed by atoms with Crippen LogP contribution in [0.4, 0.5) is 0 Å². The van der Waals surface area contributed by atoms with Crippen LogP contribution in [0.5, 0.6) is 0 Å². The highest BCUT2D eigenvalue weighted by molar-refractivity contribution is 8.00. The summed E-state index contributed by atoms with van der Waals surface area (Å²) < 4.78 is 0. The molecule has 1 rings (SSSR count). The van der Waals surface area contributed by atoms with Gasteiger partial charge in [-0.15, -0.1) is 12.4 Å². The van der Waals surface area contributed by atoms with E-state index in [1.807, 2.05) is 16.7 Å². The van der Waals surface area contributed by atoms with Gasteiger partial charge in [0, 0.05) is 23.6 Å². The monoisotopic (exact) mass is 238 g/mol. The molecule has 2 N–H and O–H groups in total. The zero-order valence-corrected chi connectivity index (χ0v) is 10.5. The summed E-state index contributed by atoms with van der Waals surface area (Å²) in [7, 11) is 0. The summed E-state index contributed by atoms with van der Waals surface area (Å²) in [6.45, 7) is 6.85. The molecule has 3 atom stereocenters. The molecule has 1 aliphatic heterocycles. The Morgan fingerprint density at radius 1 is 1.57 bits per heavy atom. The van der Waals surface area contributed by atoms with Gasteiger partial charge in [0.2, 0.25) is 5.91 Å². The zero-order chi connectivity index (χ0) is 10.0. The molecule has 1 saturated heterocycles. The van der Waals surface area contributed by atoms with Gasteiger partial charge in [0.15, 0.2) is 0 Å². The van der Waals surface area contributed by atoms with E-state index in [-0.39, 0.29) is 24.4 Å². The van der Waals surface area contributed by atoms with Crippen LogP contribution < -0.4 is 5.73 Å². The molecule has 1 aliphatic rings. The van der Waals surface area contributed by atoms with Crippen molar-refractivity contribution in [3.8, 4) is 0 Å². The number of amides is 1. The molecule has 0 saturated carbocycles. The van der Waals surface area contributed by atoms with Crippen LogP contribution in [0.25, 0.3) is 0 Å². The standard InChI is InChI=1S/C9H18N2OS.ClH/c1-6(10)9(12)11-4-5-13-8(3)7(11)2;/h6-8H,4-5,10H2,1-3H3;1H/t6-,7?,8?;/m1./s1. The second-order valence-electron chi connectivity index (χ2n) is 3.64. The molecule has 1 heterocycles. The van der Waals surface area contributed by atoms with Crippen LogP contribution in [0.1, 0.15) is 20.8 Å². The Morgan fingerprint density at radius 3 is 2.64 bits per heavy atom. The second-order valence-corrected chi connectivity index (χ2v) is 5.12. The number of rotatable bonds is 1. The minimum absolute atomic E-state index is 0. The molecule has 5 heteroatoms. The first-order chi connectivity index (χ1) is 6.04. The van der Waals surface area contributed by atoms with E-state index in [1.165, 1.54) is 0 Å². The largest absolute Gasteiger partial charge is 0.337 e. The smallest absolute Gasteiger partial charge is 0.239 e. The van der Waals surface area contributed by atoms with Gasteiger partial charge in [-0.25, -0.2) is 0 Å². The van der Waals surface area contributed by atoms with Gasteiger partial charge < -0.3 is 10.6 Å². The van der Waals surface area contributed by atoms with Crippen LogP contribution in [-0.2, 0) is 4.79 Å². The minimum Gasteiger partial charge on any atom is -0.337 e. The molecule has 3 nitrogen and oxygen atoms in total. The van der Waals surface area contributed by atoms with Gasteiger partial charge in [-0.3, -0.25) is 4.79 Å². The Labute approximate surface area is 96.2 Å². The molecular weight excluding hydrogens is 220 g/mol. The normalized spacial score (nSPS) is 29.3. The van der Waals surface area contributed by atoms with E-state index in [4.69, 9.17) is 5.73 Å². The zero-order valence-electron chi connectivity index (χ0n) is 8.90. The lowest BCUT2D eigenvalue weighted by Gasteiger charge is -2.38. The van der Waals surface area contributed by atoms with Crippen molar-refractivity contribution in [3.05, 3.63) is 0 Å². The van der Waals surface area contributed by atoms with Crippen molar-refractivity contribution in [3.63, 3.8) is 0 Å². The van der Waals surface area contributed by atoms with Gasteiger partial charge in [0.05, 0.1) is 6.04 Å². The van der Waals surface area contributed by atoms with Crippen LogP contribution in [0.3, 0.4) is 0 Å². The van der Waals surface area contributed by atoms with Gasteiger partial charge in [-0.2, -0.15) is 11.8 Å². The lowest BCUT2D eigenvalue weighted by molar-refractivity contribution is -0.134. The average molecular weight is 239 g/mol. The molecule has 2 unspecified atom stereocenters. The van der Waals surface area contributed by atoms with Gasteiger partial charge in [0.25, 0.3) is 0 Å².